The van der Waals surface area contributed by atoms with Gasteiger partial charge in [-0.3, -0.25) is 10.1 Å². The van der Waals surface area contributed by atoms with Gasteiger partial charge in [-0.1, -0.05) is 13.3 Å². The fraction of sp³-hybridized carbons (Fsp3) is 0.368. The van der Waals surface area contributed by atoms with Gasteiger partial charge in [0.15, 0.2) is 0 Å². The Morgan fingerprint density at radius 2 is 1.86 bits per heavy atom. The zero-order chi connectivity index (χ0) is 20.1. The van der Waals surface area contributed by atoms with E-state index in [1.54, 1.807) is 36.4 Å². The second-order valence-electron chi connectivity index (χ2n) is 6.36. The molecule has 1 saturated heterocycles. The molecule has 3 rings (SSSR count). The third kappa shape index (κ3) is 4.48. The van der Waals surface area contributed by atoms with E-state index in [9.17, 15) is 18.5 Å². The van der Waals surface area contributed by atoms with E-state index in [-0.39, 0.29) is 10.6 Å². The van der Waals surface area contributed by atoms with Crippen molar-refractivity contribution >= 4 is 27.5 Å². The van der Waals surface area contributed by atoms with E-state index < -0.39 is 20.3 Å². The zero-order valence-corrected chi connectivity index (χ0v) is 17.1. The molecule has 1 atom stereocenters. The molecule has 1 heterocycles. The molecule has 0 saturated carbocycles. The van der Waals surface area contributed by atoms with Crippen molar-refractivity contribution in [3.05, 3.63) is 64.2 Å². The largest absolute Gasteiger partial charge is 0.494 e. The normalized spacial score (nSPS) is 17.5. The minimum absolute atomic E-state index is 0.0141. The Labute approximate surface area is 168 Å². The molecule has 1 aliphatic heterocycles. The maximum absolute atomic E-state index is 13.1. The van der Waals surface area contributed by atoms with Crippen LogP contribution in [-0.2, 0) is 10.0 Å². The lowest BCUT2D eigenvalue weighted by Crippen LogP contribution is -2.30. The predicted molar refractivity (Wildman–Crippen MR) is 109 cm³/mol. The molecule has 0 radical (unpaired) electrons. The summed E-state index contributed by atoms with van der Waals surface area (Å²) >= 11 is 1.51. The van der Waals surface area contributed by atoms with Gasteiger partial charge < -0.3 is 4.74 Å². The van der Waals surface area contributed by atoms with Crippen LogP contribution in [0.15, 0.2) is 53.4 Å². The van der Waals surface area contributed by atoms with Crippen LogP contribution in [0.2, 0.25) is 0 Å². The Kier molecular flexibility index (Phi) is 6.58. The quantitative estimate of drug-likeness (QED) is 0.360. The first kappa shape index (κ1) is 20.6. The van der Waals surface area contributed by atoms with Crippen molar-refractivity contribution in [2.45, 2.75) is 30.0 Å². The average Bonchev–Trinajstić information content (AvgIpc) is 3.19. The average molecular weight is 423 g/mol. The van der Waals surface area contributed by atoms with Crippen molar-refractivity contribution < 1.29 is 18.1 Å². The molecule has 28 heavy (non-hydrogen) atoms. The van der Waals surface area contributed by atoms with E-state index in [1.165, 1.54) is 28.2 Å². The summed E-state index contributed by atoms with van der Waals surface area (Å²) in [6.45, 7) is 3.07. The number of ether oxygens (including phenoxy) is 1. The third-order valence-electron chi connectivity index (χ3n) is 4.43. The molecule has 0 aliphatic carbocycles. The van der Waals surface area contributed by atoms with Gasteiger partial charge in [-0.25, -0.2) is 8.42 Å². The first-order valence-corrected chi connectivity index (χ1v) is 11.5. The topological polar surface area (TPSA) is 89.8 Å². The second-order valence-corrected chi connectivity index (χ2v) is 9.44. The highest BCUT2D eigenvalue weighted by Gasteiger charge is 2.37. The molecule has 1 aliphatic rings. The molecular formula is C19H22N2O5S2. The molecule has 150 valence electrons. The Balaban J connectivity index is 1.79. The molecule has 2 aromatic rings. The van der Waals surface area contributed by atoms with E-state index in [0.29, 0.717) is 24.7 Å². The molecule has 9 heteroatoms. The highest BCUT2D eigenvalue weighted by molar-refractivity contribution is 8.01. The third-order valence-corrected chi connectivity index (χ3v) is 7.71. The van der Waals surface area contributed by atoms with Crippen LogP contribution in [0.3, 0.4) is 0 Å². The Bertz CT molecular complexity index is 914. The Hall–Kier alpha value is -2.10. The van der Waals surface area contributed by atoms with Crippen LogP contribution in [0.5, 0.6) is 5.75 Å². The summed E-state index contributed by atoms with van der Waals surface area (Å²) in [5.74, 6) is 1.31. The van der Waals surface area contributed by atoms with Crippen molar-refractivity contribution in [2.75, 3.05) is 18.9 Å². The van der Waals surface area contributed by atoms with E-state index in [1.807, 2.05) is 0 Å². The molecule has 1 fully saturated rings. The smallest absolute Gasteiger partial charge is 0.269 e. The van der Waals surface area contributed by atoms with Crippen LogP contribution in [0.1, 0.15) is 30.7 Å². The molecular weight excluding hydrogens is 400 g/mol. The predicted octanol–water partition coefficient (Wildman–Crippen LogP) is 4.21. The molecule has 0 bridgehead atoms. The van der Waals surface area contributed by atoms with Crippen LogP contribution in [-0.4, -0.2) is 36.6 Å². The summed E-state index contributed by atoms with van der Waals surface area (Å²) in [7, 11) is -3.68. The van der Waals surface area contributed by atoms with Crippen LogP contribution < -0.4 is 4.74 Å². The molecule has 0 spiro atoms. The summed E-state index contributed by atoms with van der Waals surface area (Å²) in [5, 5.41) is 10.4. The van der Waals surface area contributed by atoms with Gasteiger partial charge in [-0.15, -0.1) is 11.8 Å². The van der Waals surface area contributed by atoms with E-state index in [2.05, 4.69) is 6.92 Å². The fourth-order valence-corrected chi connectivity index (χ4v) is 6.14. The van der Waals surface area contributed by atoms with Crippen LogP contribution in [0.25, 0.3) is 0 Å². The van der Waals surface area contributed by atoms with Crippen molar-refractivity contribution in [1.29, 1.82) is 0 Å². The second kappa shape index (κ2) is 8.93. The highest BCUT2D eigenvalue weighted by Crippen LogP contribution is 2.41. The molecule has 1 unspecified atom stereocenters. The first-order chi connectivity index (χ1) is 13.4. The highest BCUT2D eigenvalue weighted by atomic mass is 32.2. The number of hydrogen-bond acceptors (Lipinski definition) is 6. The summed E-state index contributed by atoms with van der Waals surface area (Å²) < 4.78 is 33.3. The lowest BCUT2D eigenvalue weighted by molar-refractivity contribution is -0.384. The lowest BCUT2D eigenvalue weighted by atomic mass is 10.2. The van der Waals surface area contributed by atoms with Crippen LogP contribution in [0.4, 0.5) is 5.69 Å². The van der Waals surface area contributed by atoms with Crippen LogP contribution >= 0.6 is 11.8 Å². The van der Waals surface area contributed by atoms with Crippen molar-refractivity contribution in [3.8, 4) is 5.75 Å². The number of thioether (sulfide) groups is 1. The molecule has 0 amide bonds. The number of nitro benzene ring substituents is 1. The number of sulfonamides is 1. The van der Waals surface area contributed by atoms with Gasteiger partial charge in [-0.05, 0) is 48.4 Å². The monoisotopic (exact) mass is 422 g/mol. The maximum Gasteiger partial charge on any atom is 0.269 e. The minimum Gasteiger partial charge on any atom is -0.494 e. The SMILES string of the molecule is CCCCOc1ccc(S(=O)(=O)N2CCSC2c2ccc([N+](=O)[O-])cc2)cc1. The molecule has 2 aromatic carbocycles. The van der Waals surface area contributed by atoms with Gasteiger partial charge in [0, 0.05) is 24.4 Å². The van der Waals surface area contributed by atoms with Gasteiger partial charge in [0.1, 0.15) is 5.75 Å². The minimum atomic E-state index is -3.68. The molecule has 0 aromatic heterocycles. The summed E-state index contributed by atoms with van der Waals surface area (Å²) in [5.41, 5.74) is 0.719. The Morgan fingerprint density at radius 3 is 2.46 bits per heavy atom. The maximum atomic E-state index is 13.1. The van der Waals surface area contributed by atoms with Gasteiger partial charge >= 0.3 is 0 Å². The van der Waals surface area contributed by atoms with E-state index >= 15 is 0 Å². The number of non-ortho nitro benzene ring substituents is 1. The van der Waals surface area contributed by atoms with Crippen molar-refractivity contribution in [3.63, 3.8) is 0 Å². The summed E-state index contributed by atoms with van der Waals surface area (Å²) in [4.78, 5) is 10.6. The number of nitro groups is 1. The molecule has 7 nitrogen and oxygen atoms in total. The standard InChI is InChI=1S/C19H22N2O5S2/c1-2-3-13-26-17-8-10-18(11-9-17)28(24,25)20-12-14-27-19(20)15-4-6-16(7-5-15)21(22)23/h4-11,19H,2-3,12-14H2,1H3. The summed E-state index contributed by atoms with van der Waals surface area (Å²) in [6, 6.07) is 12.5. The van der Waals surface area contributed by atoms with E-state index in [4.69, 9.17) is 4.74 Å². The number of benzene rings is 2. The van der Waals surface area contributed by atoms with Gasteiger partial charge in [-0.2, -0.15) is 4.31 Å². The van der Waals surface area contributed by atoms with Crippen molar-refractivity contribution in [1.82, 2.24) is 4.31 Å². The number of hydrogen-bond donors (Lipinski definition) is 0. The number of nitrogens with zero attached hydrogens (tertiary/aromatic N) is 2. The number of unbranched alkanes of at least 4 members (excludes halogenated alkanes) is 1. The first-order valence-electron chi connectivity index (χ1n) is 9.04. The van der Waals surface area contributed by atoms with Gasteiger partial charge in [0.25, 0.3) is 5.69 Å². The van der Waals surface area contributed by atoms with Crippen LogP contribution in [0, 0.1) is 10.1 Å². The van der Waals surface area contributed by atoms with Gasteiger partial charge in [0.2, 0.25) is 10.0 Å². The lowest BCUT2D eigenvalue weighted by Gasteiger charge is -2.23. The fourth-order valence-electron chi connectivity index (χ4n) is 2.90. The zero-order valence-electron chi connectivity index (χ0n) is 15.5. The van der Waals surface area contributed by atoms with E-state index in [0.717, 1.165) is 18.4 Å². The summed E-state index contributed by atoms with van der Waals surface area (Å²) in [6.07, 6.45) is 1.98. The molecule has 0 N–H and O–H groups in total. The van der Waals surface area contributed by atoms with Crippen molar-refractivity contribution in [2.24, 2.45) is 0 Å². The van der Waals surface area contributed by atoms with Gasteiger partial charge in [0.05, 0.1) is 21.8 Å². The number of rotatable bonds is 8. The Morgan fingerprint density at radius 1 is 1.18 bits per heavy atom.